The van der Waals surface area contributed by atoms with E-state index in [1.54, 1.807) is 0 Å². The number of nitrogens with one attached hydrogen (secondary N) is 1. The monoisotopic (exact) mass is 262 g/mol. The van der Waals surface area contributed by atoms with Crippen LogP contribution in [-0.2, 0) is 6.54 Å². The molecule has 5 nitrogen and oxygen atoms in total. The molecule has 1 saturated carbocycles. The van der Waals surface area contributed by atoms with Gasteiger partial charge in [-0.15, -0.1) is 0 Å². The van der Waals surface area contributed by atoms with E-state index in [4.69, 9.17) is 0 Å². The van der Waals surface area contributed by atoms with Crippen molar-refractivity contribution in [1.29, 1.82) is 0 Å². The van der Waals surface area contributed by atoms with Crippen molar-refractivity contribution in [2.24, 2.45) is 0 Å². The van der Waals surface area contributed by atoms with Crippen molar-refractivity contribution < 1.29 is 5.11 Å². The van der Waals surface area contributed by atoms with Crippen molar-refractivity contribution >= 4 is 5.95 Å². The third-order valence-corrected chi connectivity index (χ3v) is 3.96. The second-order valence-corrected chi connectivity index (χ2v) is 5.57. The van der Waals surface area contributed by atoms with Crippen LogP contribution in [0.5, 0.6) is 0 Å². The second kappa shape index (κ2) is 5.84. The van der Waals surface area contributed by atoms with E-state index in [2.05, 4.69) is 20.2 Å². The smallest absolute Gasteiger partial charge is 0.225 e. The van der Waals surface area contributed by atoms with Crippen LogP contribution in [0.3, 0.4) is 0 Å². The van der Waals surface area contributed by atoms with Gasteiger partial charge >= 0.3 is 0 Å². The highest BCUT2D eigenvalue weighted by atomic mass is 16.3. The molecule has 2 heterocycles. The van der Waals surface area contributed by atoms with Gasteiger partial charge in [0.25, 0.3) is 0 Å². The summed E-state index contributed by atoms with van der Waals surface area (Å²) in [5.74, 6) is 0.758. The fourth-order valence-electron chi connectivity index (χ4n) is 2.59. The van der Waals surface area contributed by atoms with Crippen LogP contribution in [0.1, 0.15) is 37.7 Å². The van der Waals surface area contributed by atoms with Crippen molar-refractivity contribution in [3.63, 3.8) is 0 Å². The number of aliphatic hydroxyl groups is 1. The third kappa shape index (κ3) is 3.22. The van der Waals surface area contributed by atoms with Crippen LogP contribution in [0.4, 0.5) is 5.95 Å². The zero-order chi connectivity index (χ0) is 13.1. The molecule has 1 atom stereocenters. The van der Waals surface area contributed by atoms with E-state index in [9.17, 15) is 5.11 Å². The van der Waals surface area contributed by atoms with Crippen LogP contribution >= 0.6 is 0 Å². The molecule has 1 aliphatic carbocycles. The molecule has 0 bridgehead atoms. The van der Waals surface area contributed by atoms with Gasteiger partial charge in [-0.1, -0.05) is 0 Å². The molecule has 0 amide bonds. The predicted molar refractivity (Wildman–Crippen MR) is 74.0 cm³/mol. The molecule has 1 aromatic rings. The van der Waals surface area contributed by atoms with Crippen LogP contribution in [0, 0.1) is 0 Å². The molecule has 0 spiro atoms. The van der Waals surface area contributed by atoms with E-state index < -0.39 is 0 Å². The van der Waals surface area contributed by atoms with E-state index in [1.807, 2.05) is 12.4 Å². The lowest BCUT2D eigenvalue weighted by atomic mass is 10.0. The topological polar surface area (TPSA) is 61.3 Å². The lowest BCUT2D eigenvalue weighted by Gasteiger charge is -2.34. The summed E-state index contributed by atoms with van der Waals surface area (Å²) in [6, 6.07) is 0.893. The quantitative estimate of drug-likeness (QED) is 0.831. The Morgan fingerprint density at radius 3 is 2.68 bits per heavy atom. The van der Waals surface area contributed by atoms with E-state index in [0.717, 1.165) is 37.4 Å². The molecule has 5 heteroatoms. The Morgan fingerprint density at radius 1 is 1.21 bits per heavy atom. The fourth-order valence-corrected chi connectivity index (χ4v) is 2.59. The second-order valence-electron chi connectivity index (χ2n) is 5.57. The summed E-state index contributed by atoms with van der Waals surface area (Å²) in [4.78, 5) is 11.1. The zero-order valence-electron chi connectivity index (χ0n) is 11.3. The standard InChI is InChI=1S/C14H22N4O/c19-10-13-3-1-2-6-18(13)14-16-8-11(9-17-14)7-15-12-4-5-12/h8-9,12-13,15,19H,1-7,10H2. The van der Waals surface area contributed by atoms with Crippen LogP contribution in [0.25, 0.3) is 0 Å². The Bertz CT molecular complexity index is 404. The highest BCUT2D eigenvalue weighted by Crippen LogP contribution is 2.22. The SMILES string of the molecule is OCC1CCCCN1c1ncc(CNC2CC2)cn1. The molecule has 19 heavy (non-hydrogen) atoms. The summed E-state index contributed by atoms with van der Waals surface area (Å²) in [6.45, 7) is 1.99. The molecule has 3 rings (SSSR count). The number of aliphatic hydroxyl groups excluding tert-OH is 1. The maximum atomic E-state index is 9.42. The first-order valence-electron chi connectivity index (χ1n) is 7.28. The molecule has 2 N–H and O–H groups in total. The van der Waals surface area contributed by atoms with Gasteiger partial charge in [-0.2, -0.15) is 0 Å². The van der Waals surface area contributed by atoms with E-state index in [-0.39, 0.29) is 12.6 Å². The third-order valence-electron chi connectivity index (χ3n) is 3.96. The lowest BCUT2D eigenvalue weighted by molar-refractivity contribution is 0.239. The Labute approximate surface area is 114 Å². The summed E-state index contributed by atoms with van der Waals surface area (Å²) in [5, 5.41) is 12.9. The average Bonchev–Trinajstić information content (AvgIpc) is 3.30. The van der Waals surface area contributed by atoms with Crippen LogP contribution in [0.15, 0.2) is 12.4 Å². The Hall–Kier alpha value is -1.20. The molecule has 1 unspecified atom stereocenters. The molecule has 2 fully saturated rings. The Balaban J connectivity index is 1.62. The average molecular weight is 262 g/mol. The van der Waals surface area contributed by atoms with Crippen molar-refractivity contribution in [2.45, 2.75) is 50.7 Å². The highest BCUT2D eigenvalue weighted by Gasteiger charge is 2.24. The molecule has 0 aromatic carbocycles. The minimum absolute atomic E-state index is 0.184. The highest BCUT2D eigenvalue weighted by molar-refractivity contribution is 5.32. The number of hydrogen-bond acceptors (Lipinski definition) is 5. The summed E-state index contributed by atoms with van der Waals surface area (Å²) in [6.07, 6.45) is 9.78. The minimum Gasteiger partial charge on any atom is -0.394 e. The number of anilines is 1. The van der Waals surface area contributed by atoms with E-state index in [0.29, 0.717) is 6.04 Å². The molecule has 0 radical (unpaired) electrons. The van der Waals surface area contributed by atoms with Gasteiger partial charge in [0.05, 0.1) is 12.6 Å². The summed E-state index contributed by atoms with van der Waals surface area (Å²) in [5.41, 5.74) is 1.13. The summed E-state index contributed by atoms with van der Waals surface area (Å²) in [7, 11) is 0. The molecule has 1 aromatic heterocycles. The molecular formula is C14H22N4O. The molecule has 2 aliphatic rings. The fraction of sp³-hybridized carbons (Fsp3) is 0.714. The van der Waals surface area contributed by atoms with Crippen molar-refractivity contribution in [1.82, 2.24) is 15.3 Å². The van der Waals surface area contributed by atoms with Crippen molar-refractivity contribution in [3.8, 4) is 0 Å². The van der Waals surface area contributed by atoms with Gasteiger partial charge in [-0.3, -0.25) is 0 Å². The minimum atomic E-state index is 0.184. The number of piperidine rings is 1. The summed E-state index contributed by atoms with van der Waals surface area (Å²) >= 11 is 0. The molecule has 1 saturated heterocycles. The maximum Gasteiger partial charge on any atom is 0.225 e. The largest absolute Gasteiger partial charge is 0.394 e. The van der Waals surface area contributed by atoms with Crippen molar-refractivity contribution in [3.05, 3.63) is 18.0 Å². The van der Waals surface area contributed by atoms with Gasteiger partial charge in [0, 0.05) is 37.1 Å². The zero-order valence-corrected chi connectivity index (χ0v) is 11.3. The number of nitrogens with zero attached hydrogens (tertiary/aromatic N) is 3. The van der Waals surface area contributed by atoms with Gasteiger partial charge in [-0.25, -0.2) is 9.97 Å². The van der Waals surface area contributed by atoms with Crippen molar-refractivity contribution in [2.75, 3.05) is 18.1 Å². The van der Waals surface area contributed by atoms with Gasteiger partial charge in [-0.05, 0) is 32.1 Å². The Morgan fingerprint density at radius 2 is 2.00 bits per heavy atom. The van der Waals surface area contributed by atoms with E-state index >= 15 is 0 Å². The normalized spacial score (nSPS) is 23.6. The number of rotatable bonds is 5. The molecular weight excluding hydrogens is 240 g/mol. The van der Waals surface area contributed by atoms with Crippen LogP contribution in [0.2, 0.25) is 0 Å². The van der Waals surface area contributed by atoms with Crippen LogP contribution in [-0.4, -0.2) is 40.3 Å². The number of hydrogen-bond donors (Lipinski definition) is 2. The Kier molecular flexibility index (Phi) is 3.94. The summed E-state index contributed by atoms with van der Waals surface area (Å²) < 4.78 is 0. The van der Waals surface area contributed by atoms with Gasteiger partial charge in [0.15, 0.2) is 0 Å². The first-order valence-corrected chi connectivity index (χ1v) is 7.28. The first kappa shape index (κ1) is 12.8. The van der Waals surface area contributed by atoms with Gasteiger partial charge in [0.2, 0.25) is 5.95 Å². The first-order chi connectivity index (χ1) is 9.36. The molecule has 1 aliphatic heterocycles. The maximum absolute atomic E-state index is 9.42. The predicted octanol–water partition coefficient (Wildman–Crippen LogP) is 1.08. The van der Waals surface area contributed by atoms with E-state index in [1.165, 1.54) is 19.3 Å². The lowest BCUT2D eigenvalue weighted by Crippen LogP contribution is -2.42. The molecule has 104 valence electrons. The number of aromatic nitrogens is 2. The van der Waals surface area contributed by atoms with Crippen LogP contribution < -0.4 is 10.2 Å². The van der Waals surface area contributed by atoms with Gasteiger partial charge in [0.1, 0.15) is 0 Å². The van der Waals surface area contributed by atoms with Gasteiger partial charge < -0.3 is 15.3 Å².